The first-order valence-electron chi connectivity index (χ1n) is 21.5. The summed E-state index contributed by atoms with van der Waals surface area (Å²) < 4.78 is 53.2. The predicted molar refractivity (Wildman–Crippen MR) is 226 cm³/mol. The maximum atomic E-state index is 14.8. The van der Waals surface area contributed by atoms with Gasteiger partial charge in [-0.25, -0.2) is 14.5 Å². The standard InChI is InChI=1S/C43H61N7O10S/c1-7-28-25-43(28,40(53)47-61(55,56)48(5)6)46-37(51)33-24-29-26-50(33)39(52)36(42(2,3)4)45-41(54)60-34-23-27(34)13-9-8-10-15-31-35(58-22-19-49-17-20-57-21-18-49)30-14-11-12-16-32(30)44-38(31)59-29/h7,11-12,14,16,27-29,33-34,36H,1,8-10,13,15,17-26H2,2-6H3,(H,45,54)(H,46,51)(H,47,53)/t27-,28-,29-,33+,34-,36-,43-/m1/s1. The number of para-hydroxylation sites is 1. The molecule has 3 aliphatic heterocycles. The van der Waals surface area contributed by atoms with Crippen LogP contribution in [-0.4, -0.2) is 141 Å². The number of ether oxygens (including phenoxy) is 4. The van der Waals surface area contributed by atoms with Gasteiger partial charge in [-0.1, -0.05) is 51.8 Å². The van der Waals surface area contributed by atoms with Crippen molar-refractivity contribution in [1.29, 1.82) is 0 Å². The number of benzene rings is 1. The fourth-order valence-corrected chi connectivity index (χ4v) is 9.21. The first-order valence-corrected chi connectivity index (χ1v) is 22.9. The number of carbonyl (C=O) groups excluding carboxylic acids is 4. The summed E-state index contributed by atoms with van der Waals surface area (Å²) in [5, 5.41) is 6.49. The zero-order valence-corrected chi connectivity index (χ0v) is 36.8. The normalized spacial score (nSPS) is 28.9. The van der Waals surface area contributed by atoms with Gasteiger partial charge in [-0.05, 0) is 55.6 Å². The van der Waals surface area contributed by atoms with E-state index in [2.05, 4.69) is 26.8 Å². The average Bonchev–Trinajstić information content (AvgIpc) is 4.09. The number of rotatable bonds is 10. The molecule has 2 saturated carbocycles. The second-order valence-corrected chi connectivity index (χ2v) is 20.1. The molecule has 2 bridgehead atoms. The second kappa shape index (κ2) is 18.1. The average molecular weight is 868 g/mol. The molecular weight excluding hydrogens is 807 g/mol. The fraction of sp³-hybridized carbons (Fsp3) is 0.651. The summed E-state index contributed by atoms with van der Waals surface area (Å²) in [7, 11) is -1.63. The monoisotopic (exact) mass is 867 g/mol. The van der Waals surface area contributed by atoms with Crippen molar-refractivity contribution in [3.63, 3.8) is 0 Å². The number of aromatic nitrogens is 1. The predicted octanol–water partition coefficient (Wildman–Crippen LogP) is 2.92. The van der Waals surface area contributed by atoms with Crippen molar-refractivity contribution >= 4 is 44.9 Å². The maximum absolute atomic E-state index is 14.8. The molecule has 0 unspecified atom stereocenters. The van der Waals surface area contributed by atoms with Crippen LogP contribution in [0.15, 0.2) is 36.9 Å². The van der Waals surface area contributed by atoms with Crippen LogP contribution in [0.4, 0.5) is 4.79 Å². The molecule has 0 radical (unpaired) electrons. The number of hydrogen-bond acceptors (Lipinski definition) is 12. The minimum Gasteiger partial charge on any atom is -0.491 e. The van der Waals surface area contributed by atoms with E-state index in [9.17, 15) is 27.6 Å². The van der Waals surface area contributed by atoms with Crippen LogP contribution in [0.1, 0.15) is 71.3 Å². The molecule has 18 heteroatoms. The first kappa shape index (κ1) is 44.5. The molecule has 4 heterocycles. The van der Waals surface area contributed by atoms with Crippen LogP contribution in [-0.2, 0) is 40.5 Å². The van der Waals surface area contributed by atoms with Crippen molar-refractivity contribution in [3.8, 4) is 11.6 Å². The number of morpholine rings is 1. The zero-order valence-electron chi connectivity index (χ0n) is 35.9. The number of pyridine rings is 1. The summed E-state index contributed by atoms with van der Waals surface area (Å²) in [6.45, 7) is 13.4. The number of alkyl carbamates (subject to hydrolysis) is 1. The van der Waals surface area contributed by atoms with E-state index < -0.39 is 69.1 Å². The number of nitrogens with zero attached hydrogens (tertiary/aromatic N) is 4. The molecular formula is C43H61N7O10S. The summed E-state index contributed by atoms with van der Waals surface area (Å²) in [6, 6.07) is 5.47. The van der Waals surface area contributed by atoms with Gasteiger partial charge >= 0.3 is 16.3 Å². The summed E-state index contributed by atoms with van der Waals surface area (Å²) >= 11 is 0. The number of nitrogens with one attached hydrogen (secondary N) is 3. The number of carbonyl (C=O) groups is 4. The number of hydrogen-bond donors (Lipinski definition) is 3. The van der Waals surface area contributed by atoms with E-state index in [4.69, 9.17) is 23.9 Å². The lowest BCUT2D eigenvalue weighted by Crippen LogP contribution is -2.60. The van der Waals surface area contributed by atoms with E-state index in [-0.39, 0.29) is 31.4 Å². The highest BCUT2D eigenvalue weighted by atomic mass is 32.2. The van der Waals surface area contributed by atoms with Gasteiger partial charge in [0.05, 0.1) is 30.8 Å². The van der Waals surface area contributed by atoms with Gasteiger partial charge in [-0.15, -0.1) is 6.58 Å². The molecule has 17 nitrogen and oxygen atoms in total. The van der Waals surface area contributed by atoms with E-state index >= 15 is 0 Å². The van der Waals surface area contributed by atoms with Gasteiger partial charge in [-0.3, -0.25) is 19.3 Å². The molecule has 0 spiro atoms. The first-order chi connectivity index (χ1) is 29.0. The zero-order chi connectivity index (χ0) is 43.7. The summed E-state index contributed by atoms with van der Waals surface area (Å²) in [6.07, 6.45) is 4.87. The van der Waals surface area contributed by atoms with E-state index in [0.29, 0.717) is 43.4 Å². The van der Waals surface area contributed by atoms with Crippen molar-refractivity contribution in [2.24, 2.45) is 17.3 Å². The van der Waals surface area contributed by atoms with Crippen molar-refractivity contribution in [3.05, 3.63) is 42.5 Å². The van der Waals surface area contributed by atoms with Gasteiger partial charge in [0.1, 0.15) is 42.2 Å². The van der Waals surface area contributed by atoms with Gasteiger partial charge in [0.25, 0.3) is 5.91 Å². The topological polar surface area (TPSA) is 198 Å². The maximum Gasteiger partial charge on any atom is 0.408 e. The highest BCUT2D eigenvalue weighted by molar-refractivity contribution is 7.87. The molecule has 5 aliphatic rings. The Morgan fingerprint density at radius 2 is 1.85 bits per heavy atom. The van der Waals surface area contributed by atoms with E-state index in [0.717, 1.165) is 67.0 Å². The lowest BCUT2D eigenvalue weighted by Gasteiger charge is -2.35. The molecule has 334 valence electrons. The number of fused-ring (bicyclic) bond motifs is 5. The molecule has 61 heavy (non-hydrogen) atoms. The quantitative estimate of drug-likeness (QED) is 0.296. The molecule has 1 aromatic heterocycles. The Morgan fingerprint density at radius 3 is 2.56 bits per heavy atom. The highest BCUT2D eigenvalue weighted by Crippen LogP contribution is 2.46. The third-order valence-electron chi connectivity index (χ3n) is 12.5. The van der Waals surface area contributed by atoms with Crippen LogP contribution in [0, 0.1) is 17.3 Å². The Hall–Kier alpha value is -4.52. The third-order valence-corrected chi connectivity index (χ3v) is 13.9. The molecule has 2 aromatic rings. The van der Waals surface area contributed by atoms with Crippen LogP contribution in [0.25, 0.3) is 10.9 Å². The van der Waals surface area contributed by atoms with Gasteiger partial charge in [0.2, 0.25) is 17.7 Å². The molecule has 7 rings (SSSR count). The fourth-order valence-electron chi connectivity index (χ4n) is 8.61. The van der Waals surface area contributed by atoms with Crippen LogP contribution in [0.5, 0.6) is 11.6 Å². The molecule has 2 aliphatic carbocycles. The Balaban J connectivity index is 1.23. The van der Waals surface area contributed by atoms with Crippen molar-refractivity contribution < 1.29 is 46.5 Å². The van der Waals surface area contributed by atoms with Gasteiger partial charge in [-0.2, -0.15) is 12.7 Å². The number of amides is 4. The Kier molecular flexibility index (Phi) is 13.2. The SMILES string of the molecule is C=C[C@@H]1C[C@]1(NC(=O)[C@@H]1C[C@@H]2CN1C(=O)[C@H](C(C)(C)C)NC(=O)O[C@@H]1C[C@H]1CCCCCc1c(nc3ccccc3c1OCCN1CCOCC1)O2)C(=O)NS(=O)(=O)N(C)C. The minimum absolute atomic E-state index is 0.0102. The molecule has 3 N–H and O–H groups in total. The lowest BCUT2D eigenvalue weighted by atomic mass is 9.85. The largest absolute Gasteiger partial charge is 0.491 e. The smallest absolute Gasteiger partial charge is 0.408 e. The Bertz CT molecular complexity index is 2110. The summed E-state index contributed by atoms with van der Waals surface area (Å²) in [5.41, 5.74) is -0.948. The third kappa shape index (κ3) is 10.1. The van der Waals surface area contributed by atoms with Crippen LogP contribution >= 0.6 is 0 Å². The van der Waals surface area contributed by atoms with Gasteiger partial charge < -0.3 is 34.5 Å². The highest BCUT2D eigenvalue weighted by Gasteiger charge is 2.61. The van der Waals surface area contributed by atoms with Crippen molar-refractivity contribution in [2.45, 2.75) is 102 Å². The Morgan fingerprint density at radius 1 is 1.10 bits per heavy atom. The van der Waals surface area contributed by atoms with E-state index in [1.165, 1.54) is 25.1 Å². The van der Waals surface area contributed by atoms with Gasteiger partial charge in [0.15, 0.2) is 0 Å². The second-order valence-electron chi connectivity index (χ2n) is 18.2. The molecule has 1 aromatic carbocycles. The molecule has 4 fully saturated rings. The minimum atomic E-state index is -4.19. The lowest BCUT2D eigenvalue weighted by molar-refractivity contribution is -0.142. The Labute approximate surface area is 358 Å². The van der Waals surface area contributed by atoms with Gasteiger partial charge in [0, 0.05) is 51.5 Å². The van der Waals surface area contributed by atoms with Crippen LogP contribution < -0.4 is 24.8 Å². The summed E-state index contributed by atoms with van der Waals surface area (Å²) in [4.78, 5) is 65.0. The van der Waals surface area contributed by atoms with Crippen molar-refractivity contribution in [2.75, 3.05) is 60.1 Å². The molecule has 2 saturated heterocycles. The van der Waals surface area contributed by atoms with E-state index in [1.807, 2.05) is 45.0 Å². The van der Waals surface area contributed by atoms with Crippen LogP contribution in [0.3, 0.4) is 0 Å². The van der Waals surface area contributed by atoms with E-state index in [1.54, 1.807) is 0 Å². The van der Waals surface area contributed by atoms with Crippen molar-refractivity contribution in [1.82, 2.24) is 34.4 Å². The molecule has 4 amide bonds. The molecule has 7 atom stereocenters. The van der Waals surface area contributed by atoms with Crippen LogP contribution in [0.2, 0.25) is 0 Å². The summed E-state index contributed by atoms with van der Waals surface area (Å²) in [5.74, 6) is -1.41.